The predicted octanol–water partition coefficient (Wildman–Crippen LogP) is 2.03. The molecule has 1 aromatic heterocycles. The normalized spacial score (nSPS) is 10.2. The number of carbonyl (C=O) groups is 1. The highest BCUT2D eigenvalue weighted by Gasteiger charge is 2.16. The fourth-order valence-electron chi connectivity index (χ4n) is 1.43. The lowest BCUT2D eigenvalue weighted by atomic mass is 10.3. The number of nitrogens with one attached hydrogen (secondary N) is 1. The number of para-hydroxylation sites is 2. The maximum Gasteiger partial charge on any atom is 0.275 e. The molecule has 5 nitrogen and oxygen atoms in total. The Bertz CT molecular complexity index is 546. The molecular weight excluding hydrogens is 242 g/mol. The minimum atomic E-state index is -0.420. The Kier molecular flexibility index (Phi) is 3.01. The molecule has 2 N–H and O–H groups in total. The molecular formula is C11H10ClN3O2. The molecule has 88 valence electrons. The van der Waals surface area contributed by atoms with E-state index in [0.29, 0.717) is 5.69 Å². The van der Waals surface area contributed by atoms with Crippen LogP contribution in [0.1, 0.15) is 10.5 Å². The van der Waals surface area contributed by atoms with E-state index in [9.17, 15) is 9.90 Å². The van der Waals surface area contributed by atoms with Crippen molar-refractivity contribution < 1.29 is 9.90 Å². The molecule has 6 heteroatoms. The van der Waals surface area contributed by atoms with E-state index in [1.54, 1.807) is 25.2 Å². The molecule has 1 heterocycles. The van der Waals surface area contributed by atoms with Gasteiger partial charge in [0.25, 0.3) is 5.91 Å². The number of benzene rings is 1. The fourth-order valence-corrected chi connectivity index (χ4v) is 1.68. The van der Waals surface area contributed by atoms with Crippen molar-refractivity contribution in [1.82, 2.24) is 9.78 Å². The largest absolute Gasteiger partial charge is 0.506 e. The summed E-state index contributed by atoms with van der Waals surface area (Å²) in [5.74, 6) is -0.421. The van der Waals surface area contributed by atoms with Crippen molar-refractivity contribution in [2.24, 2.45) is 7.05 Å². The van der Waals surface area contributed by atoms with E-state index in [2.05, 4.69) is 10.4 Å². The molecule has 1 amide bonds. The number of rotatable bonds is 2. The van der Waals surface area contributed by atoms with Crippen LogP contribution in [0.3, 0.4) is 0 Å². The smallest absolute Gasteiger partial charge is 0.275 e. The molecule has 0 unspecified atom stereocenters. The molecule has 0 bridgehead atoms. The van der Waals surface area contributed by atoms with E-state index < -0.39 is 5.91 Å². The fraction of sp³-hybridized carbons (Fsp3) is 0.0909. The number of nitrogens with zero attached hydrogens (tertiary/aromatic N) is 2. The van der Waals surface area contributed by atoms with Gasteiger partial charge in [0.1, 0.15) is 11.4 Å². The van der Waals surface area contributed by atoms with Crippen molar-refractivity contribution in [2.45, 2.75) is 0 Å². The van der Waals surface area contributed by atoms with E-state index in [4.69, 9.17) is 11.6 Å². The van der Waals surface area contributed by atoms with Crippen LogP contribution in [0.15, 0.2) is 30.5 Å². The Labute approximate surface area is 103 Å². The second kappa shape index (κ2) is 4.47. The van der Waals surface area contributed by atoms with Gasteiger partial charge in [-0.25, -0.2) is 0 Å². The number of halogens is 1. The van der Waals surface area contributed by atoms with E-state index in [1.165, 1.54) is 16.9 Å². The van der Waals surface area contributed by atoms with Crippen molar-refractivity contribution >= 4 is 23.2 Å². The van der Waals surface area contributed by atoms with Crippen LogP contribution in [0.4, 0.5) is 5.69 Å². The van der Waals surface area contributed by atoms with Crippen LogP contribution < -0.4 is 5.32 Å². The van der Waals surface area contributed by atoms with Crippen LogP contribution >= 0.6 is 11.6 Å². The van der Waals surface area contributed by atoms with E-state index in [-0.39, 0.29) is 16.5 Å². The van der Waals surface area contributed by atoms with Crippen molar-refractivity contribution in [2.75, 3.05) is 5.32 Å². The molecule has 0 saturated carbocycles. The van der Waals surface area contributed by atoms with Crippen LogP contribution in [0.2, 0.25) is 5.02 Å². The maximum absolute atomic E-state index is 11.9. The molecule has 2 rings (SSSR count). The first-order valence-electron chi connectivity index (χ1n) is 4.86. The van der Waals surface area contributed by atoms with Crippen LogP contribution in [0.25, 0.3) is 0 Å². The molecule has 0 atom stereocenters. The van der Waals surface area contributed by atoms with Gasteiger partial charge in [-0.05, 0) is 12.1 Å². The number of hydrogen-bond donors (Lipinski definition) is 2. The predicted molar refractivity (Wildman–Crippen MR) is 64.3 cm³/mol. The lowest BCUT2D eigenvalue weighted by molar-refractivity contribution is 0.101. The number of amides is 1. The summed E-state index contributed by atoms with van der Waals surface area (Å²) < 4.78 is 1.37. The highest BCUT2D eigenvalue weighted by atomic mass is 35.5. The summed E-state index contributed by atoms with van der Waals surface area (Å²) in [7, 11) is 1.62. The van der Waals surface area contributed by atoms with Crippen molar-refractivity contribution in [3.05, 3.63) is 41.2 Å². The van der Waals surface area contributed by atoms with Gasteiger partial charge in [-0.3, -0.25) is 9.48 Å². The summed E-state index contributed by atoms with van der Waals surface area (Å²) in [5, 5.41) is 16.2. The van der Waals surface area contributed by atoms with Gasteiger partial charge < -0.3 is 10.4 Å². The van der Waals surface area contributed by atoms with Gasteiger partial charge in [0.2, 0.25) is 0 Å². The van der Waals surface area contributed by atoms with Crippen LogP contribution in [-0.4, -0.2) is 20.8 Å². The van der Waals surface area contributed by atoms with E-state index >= 15 is 0 Å². The highest BCUT2D eigenvalue weighted by Crippen LogP contribution is 2.23. The molecule has 0 aliphatic carbocycles. The van der Waals surface area contributed by atoms with Crippen molar-refractivity contribution in [3.63, 3.8) is 0 Å². The zero-order chi connectivity index (χ0) is 12.4. The zero-order valence-electron chi connectivity index (χ0n) is 9.01. The first-order chi connectivity index (χ1) is 8.09. The monoisotopic (exact) mass is 251 g/mol. The van der Waals surface area contributed by atoms with Gasteiger partial charge >= 0.3 is 0 Å². The Hall–Kier alpha value is -2.01. The SMILES string of the molecule is Cn1ncc(Cl)c1C(=O)Nc1ccccc1O. The molecule has 1 aromatic carbocycles. The molecule has 0 fully saturated rings. The number of aromatic hydroxyl groups is 1. The lowest BCUT2D eigenvalue weighted by Gasteiger charge is -2.07. The van der Waals surface area contributed by atoms with Gasteiger partial charge in [0.05, 0.1) is 16.9 Å². The summed E-state index contributed by atoms with van der Waals surface area (Å²) in [4.78, 5) is 11.9. The summed E-state index contributed by atoms with van der Waals surface area (Å²) in [5.41, 5.74) is 0.574. The van der Waals surface area contributed by atoms with Crippen LogP contribution in [0, 0.1) is 0 Å². The first kappa shape index (κ1) is 11.5. The molecule has 0 aliphatic rings. The standard InChI is InChI=1S/C11H10ClN3O2/c1-15-10(7(12)6-13-15)11(17)14-8-4-2-3-5-9(8)16/h2-6,16H,1H3,(H,14,17). The molecule has 0 spiro atoms. The third-order valence-corrected chi connectivity index (χ3v) is 2.54. The number of phenols is 1. The number of phenolic OH excluding ortho intramolecular Hbond substituents is 1. The third kappa shape index (κ3) is 2.24. The average molecular weight is 252 g/mol. The topological polar surface area (TPSA) is 67.2 Å². The Morgan fingerprint density at radius 3 is 2.76 bits per heavy atom. The summed E-state index contributed by atoms with van der Waals surface area (Å²) in [6, 6.07) is 6.46. The first-order valence-corrected chi connectivity index (χ1v) is 5.24. The Morgan fingerprint density at radius 1 is 1.47 bits per heavy atom. The van der Waals surface area contributed by atoms with E-state index in [0.717, 1.165) is 0 Å². The van der Waals surface area contributed by atoms with Crippen LogP contribution in [0.5, 0.6) is 5.75 Å². The zero-order valence-corrected chi connectivity index (χ0v) is 9.77. The average Bonchev–Trinajstić information content (AvgIpc) is 2.62. The third-order valence-electron chi connectivity index (χ3n) is 2.26. The molecule has 0 saturated heterocycles. The van der Waals surface area contributed by atoms with Gasteiger partial charge in [-0.2, -0.15) is 5.10 Å². The van der Waals surface area contributed by atoms with Crippen molar-refractivity contribution in [1.29, 1.82) is 0 Å². The molecule has 0 aliphatic heterocycles. The maximum atomic E-state index is 11.9. The van der Waals surface area contributed by atoms with Gasteiger partial charge in [0.15, 0.2) is 0 Å². The number of carbonyl (C=O) groups excluding carboxylic acids is 1. The second-order valence-corrected chi connectivity index (χ2v) is 3.84. The number of anilines is 1. The highest BCUT2D eigenvalue weighted by molar-refractivity contribution is 6.34. The summed E-state index contributed by atoms with van der Waals surface area (Å²) in [6.45, 7) is 0. The Morgan fingerprint density at radius 2 is 2.18 bits per heavy atom. The lowest BCUT2D eigenvalue weighted by Crippen LogP contribution is -2.16. The molecule has 0 radical (unpaired) electrons. The summed E-state index contributed by atoms with van der Waals surface area (Å²) in [6.07, 6.45) is 1.39. The minimum Gasteiger partial charge on any atom is -0.506 e. The van der Waals surface area contributed by atoms with Gasteiger partial charge in [-0.1, -0.05) is 23.7 Å². The molecule has 17 heavy (non-hydrogen) atoms. The van der Waals surface area contributed by atoms with E-state index in [1.807, 2.05) is 0 Å². The number of aromatic nitrogens is 2. The number of aryl methyl sites for hydroxylation is 1. The number of hydrogen-bond acceptors (Lipinski definition) is 3. The minimum absolute atomic E-state index is 0.000796. The molecule has 2 aromatic rings. The Balaban J connectivity index is 2.27. The van der Waals surface area contributed by atoms with Gasteiger partial charge in [-0.15, -0.1) is 0 Å². The summed E-state index contributed by atoms with van der Waals surface area (Å²) >= 11 is 5.84. The van der Waals surface area contributed by atoms with Gasteiger partial charge in [0, 0.05) is 7.05 Å². The van der Waals surface area contributed by atoms with Crippen LogP contribution in [-0.2, 0) is 7.05 Å². The van der Waals surface area contributed by atoms with Crippen molar-refractivity contribution in [3.8, 4) is 5.75 Å². The quantitative estimate of drug-likeness (QED) is 0.803. The second-order valence-electron chi connectivity index (χ2n) is 3.44.